The van der Waals surface area contributed by atoms with E-state index >= 15 is 0 Å². The van der Waals surface area contributed by atoms with Crippen LogP contribution in [0.3, 0.4) is 0 Å². The molecule has 0 bridgehead atoms. The zero-order valence-corrected chi connectivity index (χ0v) is 17.7. The van der Waals surface area contributed by atoms with Gasteiger partial charge in [-0.15, -0.1) is 0 Å². The van der Waals surface area contributed by atoms with Crippen LogP contribution in [0.15, 0.2) is 50.8 Å². The number of hydrogen-bond donors (Lipinski definition) is 0. The van der Waals surface area contributed by atoms with Gasteiger partial charge in [-0.2, -0.15) is 9.29 Å². The van der Waals surface area contributed by atoms with E-state index in [-0.39, 0.29) is 11.6 Å². The molecule has 0 saturated carbocycles. The summed E-state index contributed by atoms with van der Waals surface area (Å²) in [4.78, 5) is 8.47. The molecule has 28 heavy (non-hydrogen) atoms. The van der Waals surface area contributed by atoms with E-state index in [2.05, 4.69) is 38.0 Å². The summed E-state index contributed by atoms with van der Waals surface area (Å²) in [5.41, 5.74) is 0.815. The molecule has 3 aromatic rings. The molecule has 1 aromatic carbocycles. The predicted octanol–water partition coefficient (Wildman–Crippen LogP) is 3.16. The van der Waals surface area contributed by atoms with Gasteiger partial charge in [-0.1, -0.05) is 28.0 Å². The van der Waals surface area contributed by atoms with Crippen LogP contribution < -0.4 is 0 Å². The molecule has 0 spiro atoms. The number of sulfonamides is 1. The highest BCUT2D eigenvalue weighted by atomic mass is 79.9. The minimum absolute atomic E-state index is 0.0543. The van der Waals surface area contributed by atoms with Crippen molar-refractivity contribution < 1.29 is 12.9 Å². The molecule has 3 heterocycles. The quantitative estimate of drug-likeness (QED) is 0.574. The van der Waals surface area contributed by atoms with Crippen molar-refractivity contribution in [2.75, 3.05) is 13.1 Å². The fourth-order valence-corrected chi connectivity index (χ4v) is 4.78. The lowest BCUT2D eigenvalue weighted by Gasteiger charge is -2.28. The minimum Gasteiger partial charge on any atom is -0.334 e. The van der Waals surface area contributed by atoms with Crippen molar-refractivity contribution in [3.63, 3.8) is 0 Å². The second kappa shape index (κ2) is 7.76. The summed E-state index contributed by atoms with van der Waals surface area (Å²) < 4.78 is 35.0. The maximum atomic E-state index is 12.8. The molecule has 1 aliphatic rings. The number of halogens is 1. The summed E-state index contributed by atoms with van der Waals surface area (Å²) in [6.07, 6.45) is 4.75. The molecule has 4 rings (SSSR count). The molecule has 0 radical (unpaired) electrons. The zero-order valence-electron chi connectivity index (χ0n) is 15.3. The average molecular weight is 466 g/mol. The predicted molar refractivity (Wildman–Crippen MR) is 106 cm³/mol. The second-order valence-electron chi connectivity index (χ2n) is 6.99. The number of aromatic nitrogens is 4. The van der Waals surface area contributed by atoms with E-state index < -0.39 is 10.0 Å². The van der Waals surface area contributed by atoms with Gasteiger partial charge < -0.3 is 9.09 Å². The molecule has 1 saturated heterocycles. The first-order chi connectivity index (χ1) is 13.4. The van der Waals surface area contributed by atoms with Crippen molar-refractivity contribution in [2.45, 2.75) is 31.3 Å². The summed E-state index contributed by atoms with van der Waals surface area (Å²) in [6, 6.07) is 7.55. The highest BCUT2D eigenvalue weighted by molar-refractivity contribution is 9.10. The standard InChI is InChI=1S/C18H20BrN5O3S/c1-13-6-8-24(9-7-13)28(25,26)17-11-23(12-20-17)10-16-21-18(27-22-16)14-2-4-15(19)5-3-14/h2-5,11-13H,6-10H2,1H3. The molecule has 0 atom stereocenters. The molecule has 10 heteroatoms. The lowest BCUT2D eigenvalue weighted by atomic mass is 10.0. The van der Waals surface area contributed by atoms with E-state index in [4.69, 9.17) is 4.52 Å². The Hall–Kier alpha value is -2.04. The van der Waals surface area contributed by atoms with E-state index in [0.29, 0.717) is 30.7 Å². The normalized spacial score (nSPS) is 16.5. The van der Waals surface area contributed by atoms with Crippen LogP contribution in [0.1, 0.15) is 25.6 Å². The van der Waals surface area contributed by atoms with Gasteiger partial charge in [-0.25, -0.2) is 13.4 Å². The smallest absolute Gasteiger partial charge is 0.262 e. The molecule has 2 aromatic heterocycles. The lowest BCUT2D eigenvalue weighted by molar-refractivity contribution is 0.287. The molecule has 0 amide bonds. The van der Waals surface area contributed by atoms with Gasteiger partial charge in [0.25, 0.3) is 15.9 Å². The van der Waals surface area contributed by atoms with Gasteiger partial charge in [0.15, 0.2) is 10.9 Å². The third kappa shape index (κ3) is 4.03. The number of nitrogens with zero attached hydrogens (tertiary/aromatic N) is 5. The number of hydrogen-bond acceptors (Lipinski definition) is 6. The summed E-state index contributed by atoms with van der Waals surface area (Å²) in [5, 5.41) is 4.03. The van der Waals surface area contributed by atoms with Gasteiger partial charge in [0.2, 0.25) is 0 Å². The Kier molecular flexibility index (Phi) is 5.35. The molecular weight excluding hydrogens is 446 g/mol. The van der Waals surface area contributed by atoms with E-state index in [1.54, 1.807) is 4.57 Å². The lowest BCUT2D eigenvalue weighted by Crippen LogP contribution is -2.38. The largest absolute Gasteiger partial charge is 0.334 e. The molecule has 148 valence electrons. The van der Waals surface area contributed by atoms with Gasteiger partial charge in [0.05, 0.1) is 12.9 Å². The summed E-state index contributed by atoms with van der Waals surface area (Å²) >= 11 is 3.39. The van der Waals surface area contributed by atoms with E-state index in [0.717, 1.165) is 22.9 Å². The van der Waals surface area contributed by atoms with Gasteiger partial charge in [0.1, 0.15) is 0 Å². The molecule has 0 N–H and O–H groups in total. The van der Waals surface area contributed by atoms with Crippen molar-refractivity contribution in [3.05, 3.63) is 47.1 Å². The van der Waals surface area contributed by atoms with Crippen LogP contribution in [0.4, 0.5) is 0 Å². The average Bonchev–Trinajstić information content (AvgIpc) is 3.33. The van der Waals surface area contributed by atoms with Crippen LogP contribution in [0.5, 0.6) is 0 Å². The maximum Gasteiger partial charge on any atom is 0.262 e. The zero-order chi connectivity index (χ0) is 19.7. The summed E-state index contributed by atoms with van der Waals surface area (Å²) in [5.74, 6) is 1.42. The Bertz CT molecular complexity index is 1050. The van der Waals surface area contributed by atoms with Crippen LogP contribution in [-0.2, 0) is 16.6 Å². The number of rotatable bonds is 5. The van der Waals surface area contributed by atoms with Crippen molar-refractivity contribution in [3.8, 4) is 11.5 Å². The van der Waals surface area contributed by atoms with Crippen LogP contribution in [-0.4, -0.2) is 45.5 Å². The highest BCUT2D eigenvalue weighted by Gasteiger charge is 2.29. The molecule has 0 aliphatic carbocycles. The third-order valence-electron chi connectivity index (χ3n) is 4.84. The summed E-state index contributed by atoms with van der Waals surface area (Å²) in [6.45, 7) is 3.50. The Morgan fingerprint density at radius 1 is 1.21 bits per heavy atom. The van der Waals surface area contributed by atoms with Gasteiger partial charge in [-0.05, 0) is 43.0 Å². The third-order valence-corrected chi connectivity index (χ3v) is 7.15. The van der Waals surface area contributed by atoms with Crippen LogP contribution in [0.2, 0.25) is 0 Å². The number of piperidine rings is 1. The van der Waals surface area contributed by atoms with Crippen molar-refractivity contribution in [1.29, 1.82) is 0 Å². The van der Waals surface area contributed by atoms with E-state index in [1.807, 2.05) is 24.3 Å². The number of benzene rings is 1. The fourth-order valence-electron chi connectivity index (χ4n) is 3.11. The second-order valence-corrected chi connectivity index (χ2v) is 9.79. The molecule has 1 aliphatic heterocycles. The topological polar surface area (TPSA) is 94.1 Å². The molecule has 1 fully saturated rings. The Morgan fingerprint density at radius 3 is 2.64 bits per heavy atom. The van der Waals surface area contributed by atoms with Crippen LogP contribution in [0.25, 0.3) is 11.5 Å². The van der Waals surface area contributed by atoms with Crippen LogP contribution in [0, 0.1) is 5.92 Å². The van der Waals surface area contributed by atoms with E-state index in [1.165, 1.54) is 16.8 Å². The minimum atomic E-state index is -3.57. The van der Waals surface area contributed by atoms with Gasteiger partial charge >= 0.3 is 0 Å². The maximum absolute atomic E-state index is 12.8. The SMILES string of the molecule is CC1CCN(S(=O)(=O)c2cn(Cc3noc(-c4ccc(Br)cc4)n3)cn2)CC1. The Labute approximate surface area is 171 Å². The van der Waals surface area contributed by atoms with Crippen molar-refractivity contribution in [2.24, 2.45) is 5.92 Å². The summed E-state index contributed by atoms with van der Waals surface area (Å²) in [7, 11) is -3.57. The first-order valence-corrected chi connectivity index (χ1v) is 11.3. The van der Waals surface area contributed by atoms with Crippen LogP contribution >= 0.6 is 15.9 Å². The Morgan fingerprint density at radius 2 is 1.93 bits per heavy atom. The first kappa shape index (κ1) is 19.3. The Balaban J connectivity index is 1.47. The van der Waals surface area contributed by atoms with Crippen molar-refractivity contribution in [1.82, 2.24) is 24.0 Å². The monoisotopic (exact) mass is 465 g/mol. The van der Waals surface area contributed by atoms with Gasteiger partial charge in [0, 0.05) is 29.3 Å². The first-order valence-electron chi connectivity index (χ1n) is 9.02. The molecule has 8 nitrogen and oxygen atoms in total. The number of imidazole rings is 1. The molecular formula is C18H20BrN5O3S. The van der Waals surface area contributed by atoms with Gasteiger partial charge in [-0.3, -0.25) is 0 Å². The highest BCUT2D eigenvalue weighted by Crippen LogP contribution is 2.23. The molecule has 0 unspecified atom stereocenters. The fraction of sp³-hybridized carbons (Fsp3) is 0.389. The van der Waals surface area contributed by atoms with E-state index in [9.17, 15) is 8.42 Å². The van der Waals surface area contributed by atoms with Crippen molar-refractivity contribution >= 4 is 26.0 Å².